The van der Waals surface area contributed by atoms with E-state index in [4.69, 9.17) is 14.2 Å². The number of aliphatic hydroxyl groups is 1. The van der Waals surface area contributed by atoms with Crippen LogP contribution in [0.1, 0.15) is 65.5 Å². The van der Waals surface area contributed by atoms with Crippen molar-refractivity contribution >= 4 is 24.1 Å². The van der Waals surface area contributed by atoms with Gasteiger partial charge in [-0.2, -0.15) is 13.2 Å². The molecule has 1 aromatic carbocycles. The van der Waals surface area contributed by atoms with Crippen LogP contribution in [0.2, 0.25) is 0 Å². The predicted molar refractivity (Wildman–Crippen MR) is 177 cm³/mol. The summed E-state index contributed by atoms with van der Waals surface area (Å²) in [7, 11) is 0. The fourth-order valence-electron chi connectivity index (χ4n) is 7.19. The summed E-state index contributed by atoms with van der Waals surface area (Å²) in [4.78, 5) is 49.5. The minimum atomic E-state index is -4.64. The highest BCUT2D eigenvalue weighted by molar-refractivity contribution is 5.83. The molecule has 0 saturated carbocycles. The molecule has 4 heterocycles. The Bertz CT molecular complexity index is 1460. The number of carbonyl (C=O) groups is 3. The lowest BCUT2D eigenvalue weighted by Crippen LogP contribution is -2.62. The van der Waals surface area contributed by atoms with Gasteiger partial charge in [0.25, 0.3) is 0 Å². The molecule has 0 aromatic heterocycles. The van der Waals surface area contributed by atoms with Gasteiger partial charge in [0, 0.05) is 50.1 Å². The number of nitrogens with zero attached hydrogens (tertiary/aromatic N) is 4. The van der Waals surface area contributed by atoms with Gasteiger partial charge in [0.1, 0.15) is 42.4 Å². The molecule has 1 aromatic rings. The molecule has 6 atom stereocenters. The second-order valence-electron chi connectivity index (χ2n) is 14.9. The highest BCUT2D eigenvalue weighted by Gasteiger charge is 2.54. The van der Waals surface area contributed by atoms with Gasteiger partial charge in [-0.3, -0.25) is 19.5 Å². The molecule has 50 heavy (non-hydrogen) atoms. The number of piperazine rings is 1. The number of nitrogens with one attached hydrogen (secondary N) is 1. The van der Waals surface area contributed by atoms with Crippen molar-refractivity contribution in [3.05, 3.63) is 42.1 Å². The number of rotatable bonds is 9. The normalized spacial score (nSPS) is 26.0. The number of carbonyl (C=O) groups excluding carboxylic acids is 3. The third-order valence-electron chi connectivity index (χ3n) is 9.33. The first kappa shape index (κ1) is 37.6. The largest absolute Gasteiger partial charge is 0.490 e. The molecule has 15 heteroatoms. The number of benzene rings is 1. The van der Waals surface area contributed by atoms with Crippen molar-refractivity contribution in [3.8, 4) is 5.75 Å². The van der Waals surface area contributed by atoms with Crippen molar-refractivity contribution in [3.63, 3.8) is 0 Å². The summed E-state index contributed by atoms with van der Waals surface area (Å²) in [6, 6.07) is 5.93. The Balaban J connectivity index is 1.36. The van der Waals surface area contributed by atoms with Gasteiger partial charge in [-0.25, -0.2) is 4.79 Å². The average Bonchev–Trinajstić information content (AvgIpc) is 3.32. The number of β-amino-alcohol motifs (C(OH)–C–C–N with tert-alkyl or cyclic N) is 1. The van der Waals surface area contributed by atoms with Crippen molar-refractivity contribution in [2.45, 2.75) is 95.7 Å². The van der Waals surface area contributed by atoms with Crippen LogP contribution in [0.25, 0.3) is 0 Å². The maximum absolute atomic E-state index is 14.7. The summed E-state index contributed by atoms with van der Waals surface area (Å²) in [6.45, 7) is 7.35. The number of allylic oxidation sites excluding steroid dienone is 1. The Morgan fingerprint density at radius 1 is 1.16 bits per heavy atom. The second-order valence-corrected chi connectivity index (χ2v) is 14.9. The first-order valence-electron chi connectivity index (χ1n) is 17.1. The minimum Gasteiger partial charge on any atom is -0.490 e. The number of hydrogen-bond donors (Lipinski definition) is 2. The summed E-state index contributed by atoms with van der Waals surface area (Å²) >= 11 is 0. The van der Waals surface area contributed by atoms with Crippen LogP contribution >= 0.6 is 0 Å². The van der Waals surface area contributed by atoms with E-state index < -0.39 is 66.3 Å². The molecule has 2 fully saturated rings. The van der Waals surface area contributed by atoms with Crippen molar-refractivity contribution in [1.29, 1.82) is 0 Å². The SMILES string of the molecule is CC(C)(C)OC(=O)N1CCN(C[C@@H](O)CC(CC2C=CN=CC2)C(=O)N2[C@H]3c4ccccc4OC[C@H]3OC2(C)C)[C@H](C(=O)NCC(F)(F)F)C1. The fraction of sp³-hybridized carbons (Fsp3) is 0.657. The number of ether oxygens (including phenoxy) is 3. The van der Waals surface area contributed by atoms with Crippen LogP contribution < -0.4 is 10.1 Å². The average molecular weight is 708 g/mol. The number of para-hydroxylation sites is 1. The number of amides is 3. The summed E-state index contributed by atoms with van der Waals surface area (Å²) in [5, 5.41) is 13.5. The van der Waals surface area contributed by atoms with E-state index in [1.165, 1.54) is 4.90 Å². The Kier molecular flexibility index (Phi) is 11.2. The lowest BCUT2D eigenvalue weighted by Gasteiger charge is -2.42. The molecular formula is C35H48F3N5O7. The van der Waals surface area contributed by atoms with Crippen molar-refractivity contribution in [2.75, 3.05) is 39.3 Å². The van der Waals surface area contributed by atoms with Gasteiger partial charge in [-0.15, -0.1) is 0 Å². The Morgan fingerprint density at radius 3 is 2.58 bits per heavy atom. The zero-order chi connectivity index (χ0) is 36.4. The van der Waals surface area contributed by atoms with Gasteiger partial charge in [0.15, 0.2) is 0 Å². The summed E-state index contributed by atoms with van der Waals surface area (Å²) in [5.74, 6) is -1.15. The van der Waals surface area contributed by atoms with Crippen LogP contribution in [-0.2, 0) is 19.1 Å². The Hall–Kier alpha value is -3.69. The molecule has 5 rings (SSSR count). The maximum atomic E-state index is 14.7. The molecule has 2 N–H and O–H groups in total. The van der Waals surface area contributed by atoms with E-state index >= 15 is 0 Å². The van der Waals surface area contributed by atoms with E-state index in [0.717, 1.165) is 5.56 Å². The van der Waals surface area contributed by atoms with Crippen LogP contribution in [0.3, 0.4) is 0 Å². The van der Waals surface area contributed by atoms with Gasteiger partial charge in [-0.1, -0.05) is 24.3 Å². The number of fused-ring (bicyclic) bond motifs is 3. The third-order valence-corrected chi connectivity index (χ3v) is 9.33. The molecule has 0 radical (unpaired) electrons. The van der Waals surface area contributed by atoms with Gasteiger partial charge in [-0.05, 0) is 65.9 Å². The van der Waals surface area contributed by atoms with E-state index in [-0.39, 0.29) is 51.0 Å². The quantitative estimate of drug-likeness (QED) is 0.393. The zero-order valence-electron chi connectivity index (χ0n) is 29.2. The van der Waals surface area contributed by atoms with E-state index in [1.807, 2.05) is 49.5 Å². The number of alkyl halides is 3. The molecule has 12 nitrogen and oxygen atoms in total. The van der Waals surface area contributed by atoms with Crippen molar-refractivity contribution in [2.24, 2.45) is 16.8 Å². The number of aliphatic imine (C=N–C) groups is 1. The van der Waals surface area contributed by atoms with Crippen molar-refractivity contribution < 1.29 is 46.9 Å². The van der Waals surface area contributed by atoms with Crippen LogP contribution in [0.5, 0.6) is 5.75 Å². The summed E-state index contributed by atoms with van der Waals surface area (Å²) in [5.41, 5.74) is -0.969. The van der Waals surface area contributed by atoms with Crippen LogP contribution in [0.15, 0.2) is 41.5 Å². The van der Waals surface area contributed by atoms with E-state index in [1.54, 1.807) is 43.0 Å². The summed E-state index contributed by atoms with van der Waals surface area (Å²) in [6.07, 6.45) is -0.414. The molecule has 0 aliphatic carbocycles. The van der Waals surface area contributed by atoms with Gasteiger partial charge < -0.3 is 34.4 Å². The molecule has 0 bridgehead atoms. The molecule has 4 aliphatic heterocycles. The summed E-state index contributed by atoms with van der Waals surface area (Å²) < 4.78 is 56.9. The smallest absolute Gasteiger partial charge is 0.410 e. The van der Waals surface area contributed by atoms with Gasteiger partial charge >= 0.3 is 12.3 Å². The van der Waals surface area contributed by atoms with Crippen LogP contribution in [0.4, 0.5) is 18.0 Å². The zero-order valence-corrected chi connectivity index (χ0v) is 29.2. The molecular weight excluding hydrogens is 659 g/mol. The maximum Gasteiger partial charge on any atom is 0.410 e. The topological polar surface area (TPSA) is 133 Å². The highest BCUT2D eigenvalue weighted by atomic mass is 19.4. The predicted octanol–water partition coefficient (Wildman–Crippen LogP) is 4.05. The highest BCUT2D eigenvalue weighted by Crippen LogP contribution is 2.48. The van der Waals surface area contributed by atoms with Crippen molar-refractivity contribution in [1.82, 2.24) is 20.0 Å². The van der Waals surface area contributed by atoms with Crippen LogP contribution in [0, 0.1) is 11.8 Å². The molecule has 0 spiro atoms. The molecule has 4 aliphatic rings. The number of halogens is 3. The second kappa shape index (κ2) is 14.9. The number of hydrogen-bond acceptors (Lipinski definition) is 9. The lowest BCUT2D eigenvalue weighted by molar-refractivity contribution is -0.154. The van der Waals surface area contributed by atoms with E-state index in [9.17, 15) is 32.7 Å². The number of aliphatic hydroxyl groups excluding tert-OH is 1. The fourth-order valence-corrected chi connectivity index (χ4v) is 7.19. The molecule has 2 saturated heterocycles. The third kappa shape index (κ3) is 9.15. The van der Waals surface area contributed by atoms with Gasteiger partial charge in [0.05, 0.1) is 12.1 Å². The van der Waals surface area contributed by atoms with Gasteiger partial charge in [0.2, 0.25) is 11.8 Å². The monoisotopic (exact) mass is 707 g/mol. The van der Waals surface area contributed by atoms with E-state index in [2.05, 4.69) is 4.99 Å². The Morgan fingerprint density at radius 2 is 1.90 bits per heavy atom. The molecule has 2 unspecified atom stereocenters. The first-order valence-corrected chi connectivity index (χ1v) is 17.1. The van der Waals surface area contributed by atoms with Crippen LogP contribution in [-0.4, -0.2) is 119 Å². The Labute approximate surface area is 290 Å². The first-order chi connectivity index (χ1) is 23.4. The standard InChI is InChI=1S/C35H48F3N5O7/c1-33(2,3)50-32(47)42-15-14-41(26(19-42)30(45)40-21-35(36,37)38)18-24(44)17-23(16-22-10-12-39-13-11-22)31(46)43-29-25-8-6-7-9-27(25)48-20-28(29)49-34(43,4)5/h6-10,12-13,22-24,26,28-29,44H,11,14-21H2,1-5H3,(H,40,45)/t22?,23?,24-,26-,28+,29-/m0/s1. The molecule has 276 valence electrons. The minimum absolute atomic E-state index is 0.0173. The molecule has 3 amide bonds. The lowest BCUT2D eigenvalue weighted by atomic mass is 9.85. The van der Waals surface area contributed by atoms with E-state index in [0.29, 0.717) is 18.6 Å².